The predicted molar refractivity (Wildman–Crippen MR) is 126 cm³/mol. The molecule has 0 amide bonds. The Morgan fingerprint density at radius 1 is 0.679 bits per heavy atom. The second-order valence-electron chi connectivity index (χ2n) is 8.86. The first-order chi connectivity index (χ1) is 13.7. The van der Waals surface area contributed by atoms with Crippen LogP contribution in [-0.2, 0) is 6.42 Å². The number of hydrogen-bond donors (Lipinski definition) is 1. The van der Waals surface area contributed by atoms with Crippen molar-refractivity contribution in [2.24, 2.45) is 0 Å². The van der Waals surface area contributed by atoms with Crippen LogP contribution in [0, 0.1) is 6.92 Å². The highest BCUT2D eigenvalue weighted by atomic mass is 16.3. The molecule has 1 nitrogen and oxygen atoms in total. The molecule has 1 aromatic rings. The zero-order valence-corrected chi connectivity index (χ0v) is 19.5. The summed E-state index contributed by atoms with van der Waals surface area (Å²) in [5.74, 6) is 1.21. The third-order valence-corrected chi connectivity index (χ3v) is 6.30. The Morgan fingerprint density at radius 2 is 1.21 bits per heavy atom. The molecule has 0 saturated heterocycles. The number of benzene rings is 1. The van der Waals surface area contributed by atoms with Crippen LogP contribution < -0.4 is 0 Å². The van der Waals surface area contributed by atoms with Crippen molar-refractivity contribution >= 4 is 0 Å². The highest BCUT2D eigenvalue weighted by Crippen LogP contribution is 2.36. The van der Waals surface area contributed by atoms with E-state index in [1.165, 1.54) is 107 Å². The maximum atomic E-state index is 10.8. The van der Waals surface area contributed by atoms with Gasteiger partial charge in [-0.05, 0) is 55.2 Å². The molecular weight excluding hydrogens is 340 g/mol. The van der Waals surface area contributed by atoms with Crippen molar-refractivity contribution in [3.8, 4) is 5.75 Å². The lowest BCUT2D eigenvalue weighted by Gasteiger charge is -2.22. The first-order valence-corrected chi connectivity index (χ1v) is 12.5. The lowest BCUT2D eigenvalue weighted by molar-refractivity contribution is 0.454. The largest absolute Gasteiger partial charge is 0.507 e. The van der Waals surface area contributed by atoms with E-state index in [-0.39, 0.29) is 0 Å². The minimum atomic E-state index is 0.581. The smallest absolute Gasteiger partial charge is 0.121 e. The van der Waals surface area contributed by atoms with Gasteiger partial charge < -0.3 is 5.11 Å². The third-order valence-electron chi connectivity index (χ3n) is 6.30. The second kappa shape index (κ2) is 15.9. The van der Waals surface area contributed by atoms with Crippen molar-refractivity contribution in [1.82, 2.24) is 0 Å². The predicted octanol–water partition coefficient (Wildman–Crippen LogP) is 9.24. The summed E-state index contributed by atoms with van der Waals surface area (Å²) in [6.45, 7) is 8.90. The number of aryl methyl sites for hydroxylation is 1. The topological polar surface area (TPSA) is 20.2 Å². The minimum Gasteiger partial charge on any atom is -0.507 e. The SMILES string of the molecule is CCCCCCCCCCc1c(C(CCCC)CCCCC)ccc(C)c1O. The summed E-state index contributed by atoms with van der Waals surface area (Å²) >= 11 is 0. The highest BCUT2D eigenvalue weighted by molar-refractivity contribution is 5.46. The van der Waals surface area contributed by atoms with Gasteiger partial charge in [0.1, 0.15) is 5.75 Å². The van der Waals surface area contributed by atoms with E-state index in [4.69, 9.17) is 0 Å². The van der Waals surface area contributed by atoms with Crippen molar-refractivity contribution in [1.29, 1.82) is 0 Å². The van der Waals surface area contributed by atoms with Gasteiger partial charge in [0.05, 0.1) is 0 Å². The molecule has 0 aliphatic heterocycles. The zero-order chi connectivity index (χ0) is 20.6. The zero-order valence-electron chi connectivity index (χ0n) is 19.5. The van der Waals surface area contributed by atoms with Crippen LogP contribution in [-0.4, -0.2) is 5.11 Å². The molecular formula is C27H48O. The van der Waals surface area contributed by atoms with Gasteiger partial charge in [-0.15, -0.1) is 0 Å². The van der Waals surface area contributed by atoms with E-state index < -0.39 is 0 Å². The summed E-state index contributed by atoms with van der Waals surface area (Å²) in [4.78, 5) is 0. The summed E-state index contributed by atoms with van der Waals surface area (Å²) in [6.07, 6.45) is 20.8. The van der Waals surface area contributed by atoms with Gasteiger partial charge in [-0.25, -0.2) is 0 Å². The second-order valence-corrected chi connectivity index (χ2v) is 8.86. The van der Waals surface area contributed by atoms with Gasteiger partial charge in [-0.3, -0.25) is 0 Å². The third kappa shape index (κ3) is 9.48. The molecule has 0 bridgehead atoms. The number of phenolic OH excluding ortho intramolecular Hbond substituents is 1. The van der Waals surface area contributed by atoms with Crippen LogP contribution in [0.2, 0.25) is 0 Å². The summed E-state index contributed by atoms with van der Waals surface area (Å²) in [7, 11) is 0. The number of unbranched alkanes of at least 4 members (excludes halogenated alkanes) is 10. The normalized spacial score (nSPS) is 12.4. The molecule has 0 aliphatic rings. The molecule has 1 N–H and O–H groups in total. The maximum absolute atomic E-state index is 10.8. The van der Waals surface area contributed by atoms with Gasteiger partial charge in [-0.1, -0.05) is 110 Å². The van der Waals surface area contributed by atoms with Gasteiger partial charge in [0.2, 0.25) is 0 Å². The molecule has 0 heterocycles. The summed E-state index contributed by atoms with van der Waals surface area (Å²) in [5.41, 5.74) is 3.76. The molecule has 0 aliphatic carbocycles. The van der Waals surface area contributed by atoms with E-state index in [2.05, 4.69) is 39.8 Å². The monoisotopic (exact) mass is 388 g/mol. The van der Waals surface area contributed by atoms with Crippen molar-refractivity contribution in [2.45, 2.75) is 136 Å². The van der Waals surface area contributed by atoms with Crippen LogP contribution in [0.1, 0.15) is 140 Å². The van der Waals surface area contributed by atoms with E-state index >= 15 is 0 Å². The Kier molecular flexibility index (Phi) is 14.2. The van der Waals surface area contributed by atoms with E-state index in [0.717, 1.165) is 12.0 Å². The van der Waals surface area contributed by atoms with E-state index in [1.807, 2.05) is 0 Å². The fourth-order valence-corrected chi connectivity index (χ4v) is 4.40. The lowest BCUT2D eigenvalue weighted by atomic mass is 9.83. The molecule has 162 valence electrons. The fraction of sp³-hybridized carbons (Fsp3) is 0.778. The van der Waals surface area contributed by atoms with Crippen LogP contribution in [0.15, 0.2) is 12.1 Å². The fourth-order valence-electron chi connectivity index (χ4n) is 4.40. The van der Waals surface area contributed by atoms with Crippen LogP contribution in [0.4, 0.5) is 0 Å². The lowest BCUT2D eigenvalue weighted by Crippen LogP contribution is -2.05. The van der Waals surface area contributed by atoms with Gasteiger partial charge in [0, 0.05) is 0 Å². The molecule has 0 radical (unpaired) electrons. The molecule has 1 heteroatoms. The summed E-state index contributed by atoms with van der Waals surface area (Å²) in [6, 6.07) is 4.47. The van der Waals surface area contributed by atoms with Crippen LogP contribution in [0.5, 0.6) is 5.75 Å². The average molecular weight is 389 g/mol. The summed E-state index contributed by atoms with van der Waals surface area (Å²) in [5, 5.41) is 10.8. The van der Waals surface area contributed by atoms with Gasteiger partial charge in [0.25, 0.3) is 0 Å². The molecule has 0 spiro atoms. The van der Waals surface area contributed by atoms with Gasteiger partial charge >= 0.3 is 0 Å². The molecule has 0 aromatic heterocycles. The first kappa shape index (κ1) is 25.1. The van der Waals surface area contributed by atoms with Crippen molar-refractivity contribution in [2.75, 3.05) is 0 Å². The molecule has 1 aromatic carbocycles. The Morgan fingerprint density at radius 3 is 1.86 bits per heavy atom. The van der Waals surface area contributed by atoms with E-state index in [1.54, 1.807) is 0 Å². The summed E-state index contributed by atoms with van der Waals surface area (Å²) < 4.78 is 0. The minimum absolute atomic E-state index is 0.581. The molecule has 1 rings (SSSR count). The highest BCUT2D eigenvalue weighted by Gasteiger charge is 2.18. The van der Waals surface area contributed by atoms with Crippen LogP contribution in [0.25, 0.3) is 0 Å². The van der Waals surface area contributed by atoms with Crippen molar-refractivity contribution in [3.05, 3.63) is 28.8 Å². The van der Waals surface area contributed by atoms with E-state index in [0.29, 0.717) is 11.7 Å². The number of phenols is 1. The van der Waals surface area contributed by atoms with Crippen molar-refractivity contribution in [3.63, 3.8) is 0 Å². The first-order valence-electron chi connectivity index (χ1n) is 12.5. The van der Waals surface area contributed by atoms with Crippen LogP contribution >= 0.6 is 0 Å². The average Bonchev–Trinajstić information content (AvgIpc) is 2.70. The van der Waals surface area contributed by atoms with Gasteiger partial charge in [0.15, 0.2) is 0 Å². The molecule has 0 saturated carbocycles. The van der Waals surface area contributed by atoms with Crippen molar-refractivity contribution < 1.29 is 5.11 Å². The Bertz CT molecular complexity index is 505. The number of rotatable bonds is 17. The Labute approximate surface area is 176 Å². The standard InChI is InChI=1S/C27H48O/c1-5-8-11-12-13-14-15-17-20-26-25(22-21-23(4)27(26)28)24(18-10-7-3)19-16-9-6-2/h21-22,24,28H,5-20H2,1-4H3. The number of hydrogen-bond acceptors (Lipinski definition) is 1. The van der Waals surface area contributed by atoms with Crippen LogP contribution in [0.3, 0.4) is 0 Å². The van der Waals surface area contributed by atoms with E-state index in [9.17, 15) is 5.11 Å². The molecule has 28 heavy (non-hydrogen) atoms. The molecule has 1 unspecified atom stereocenters. The van der Waals surface area contributed by atoms with Gasteiger partial charge in [-0.2, -0.15) is 0 Å². The number of aromatic hydroxyl groups is 1. The molecule has 0 fully saturated rings. The quantitative estimate of drug-likeness (QED) is 0.264. The Hall–Kier alpha value is -0.980. The Balaban J connectivity index is 2.70. The molecule has 1 atom stereocenters. The maximum Gasteiger partial charge on any atom is 0.121 e.